The highest BCUT2D eigenvalue weighted by molar-refractivity contribution is 5.91. The molecule has 2 heterocycles. The van der Waals surface area contributed by atoms with E-state index >= 15 is 0 Å². The molecule has 4 heteroatoms. The predicted molar refractivity (Wildman–Crippen MR) is 66.1 cm³/mol. The average molecular weight is 234 g/mol. The molecule has 2 N–H and O–H groups in total. The maximum atomic E-state index is 11.9. The lowest BCUT2D eigenvalue weighted by Crippen LogP contribution is -2.48. The van der Waals surface area contributed by atoms with Crippen molar-refractivity contribution in [2.45, 2.75) is 19.4 Å². The molecule has 17 heavy (non-hydrogen) atoms. The third-order valence-electron chi connectivity index (χ3n) is 2.94. The lowest BCUT2D eigenvalue weighted by molar-refractivity contribution is -0.127. The summed E-state index contributed by atoms with van der Waals surface area (Å²) in [6.07, 6.45) is 5.81. The quantitative estimate of drug-likeness (QED) is 0.789. The first kappa shape index (κ1) is 11.9. The molecule has 1 aliphatic heterocycles. The smallest absolute Gasteiger partial charge is 0.246 e. The summed E-state index contributed by atoms with van der Waals surface area (Å²) in [4.78, 5) is 13.7. The fraction of sp³-hybridized carbons (Fsp3) is 0.462. The summed E-state index contributed by atoms with van der Waals surface area (Å²) >= 11 is 0. The lowest BCUT2D eigenvalue weighted by Gasteiger charge is -2.34. The fourth-order valence-corrected chi connectivity index (χ4v) is 2.22. The highest BCUT2D eigenvalue weighted by Crippen LogP contribution is 2.15. The van der Waals surface area contributed by atoms with Crippen molar-refractivity contribution in [1.82, 2.24) is 4.90 Å². The van der Waals surface area contributed by atoms with Gasteiger partial charge in [-0.05, 0) is 30.5 Å². The number of furan rings is 1. The van der Waals surface area contributed by atoms with E-state index < -0.39 is 0 Å². The molecule has 1 aliphatic rings. The van der Waals surface area contributed by atoms with Gasteiger partial charge in [-0.2, -0.15) is 0 Å². The third-order valence-corrected chi connectivity index (χ3v) is 2.94. The maximum absolute atomic E-state index is 11.9. The summed E-state index contributed by atoms with van der Waals surface area (Å²) < 4.78 is 5.13. The standard InChI is InChI=1S/C13H18N2O2/c1-10-7-11(14)9-15(8-10)13(16)5-4-12-3-2-6-17-12/h2-6,10-11H,7-9,14H2,1H3. The van der Waals surface area contributed by atoms with Gasteiger partial charge in [0.1, 0.15) is 5.76 Å². The summed E-state index contributed by atoms with van der Waals surface area (Å²) in [7, 11) is 0. The van der Waals surface area contributed by atoms with E-state index in [0.29, 0.717) is 18.2 Å². The molecule has 1 fully saturated rings. The van der Waals surface area contributed by atoms with Crippen LogP contribution in [0.4, 0.5) is 0 Å². The molecule has 2 rings (SSSR count). The molecule has 1 amide bonds. The van der Waals surface area contributed by atoms with Gasteiger partial charge in [-0.1, -0.05) is 6.92 Å². The molecule has 2 atom stereocenters. The average Bonchev–Trinajstić information content (AvgIpc) is 2.77. The van der Waals surface area contributed by atoms with Crippen molar-refractivity contribution >= 4 is 12.0 Å². The van der Waals surface area contributed by atoms with Gasteiger partial charge in [0.2, 0.25) is 5.91 Å². The first-order valence-electron chi connectivity index (χ1n) is 5.91. The van der Waals surface area contributed by atoms with Crippen molar-refractivity contribution < 1.29 is 9.21 Å². The van der Waals surface area contributed by atoms with Gasteiger partial charge >= 0.3 is 0 Å². The van der Waals surface area contributed by atoms with Crippen LogP contribution < -0.4 is 5.73 Å². The normalized spacial score (nSPS) is 25.4. The van der Waals surface area contributed by atoms with Gasteiger partial charge in [0.25, 0.3) is 0 Å². The number of carbonyl (C=O) groups excluding carboxylic acids is 1. The number of hydrogen-bond donors (Lipinski definition) is 1. The van der Waals surface area contributed by atoms with Crippen molar-refractivity contribution in [1.29, 1.82) is 0 Å². The summed E-state index contributed by atoms with van der Waals surface area (Å²) in [5.41, 5.74) is 5.91. The molecule has 1 aromatic heterocycles. The van der Waals surface area contributed by atoms with Crippen molar-refractivity contribution in [3.8, 4) is 0 Å². The van der Waals surface area contributed by atoms with Crippen LogP contribution in [0.3, 0.4) is 0 Å². The van der Waals surface area contributed by atoms with Crippen LogP contribution in [0.25, 0.3) is 6.08 Å². The minimum Gasteiger partial charge on any atom is -0.465 e. The topological polar surface area (TPSA) is 59.5 Å². The molecule has 92 valence electrons. The van der Waals surface area contributed by atoms with E-state index in [1.807, 2.05) is 6.07 Å². The fourth-order valence-electron chi connectivity index (χ4n) is 2.22. The molecular weight excluding hydrogens is 216 g/mol. The van der Waals surface area contributed by atoms with Gasteiger partial charge in [-0.3, -0.25) is 4.79 Å². The first-order valence-corrected chi connectivity index (χ1v) is 5.91. The number of carbonyl (C=O) groups is 1. The van der Waals surface area contributed by atoms with Crippen molar-refractivity contribution in [3.63, 3.8) is 0 Å². The zero-order valence-corrected chi connectivity index (χ0v) is 10.0. The van der Waals surface area contributed by atoms with Crippen LogP contribution >= 0.6 is 0 Å². The second-order valence-electron chi connectivity index (χ2n) is 4.69. The maximum Gasteiger partial charge on any atom is 0.246 e. The minimum absolute atomic E-state index is 0.00315. The molecule has 0 aromatic carbocycles. The van der Waals surface area contributed by atoms with Gasteiger partial charge in [-0.15, -0.1) is 0 Å². The lowest BCUT2D eigenvalue weighted by atomic mass is 9.96. The Morgan fingerprint density at radius 3 is 3.06 bits per heavy atom. The molecule has 0 bridgehead atoms. The third kappa shape index (κ3) is 3.20. The zero-order chi connectivity index (χ0) is 12.3. The monoisotopic (exact) mass is 234 g/mol. The molecule has 1 saturated heterocycles. The van der Waals surface area contributed by atoms with Crippen LogP contribution in [0.5, 0.6) is 0 Å². The Hall–Kier alpha value is -1.55. The van der Waals surface area contributed by atoms with Crippen LogP contribution in [0.15, 0.2) is 28.9 Å². The predicted octanol–water partition coefficient (Wildman–Crippen LogP) is 1.49. The van der Waals surface area contributed by atoms with E-state index in [1.54, 1.807) is 29.4 Å². The van der Waals surface area contributed by atoms with Crippen molar-refractivity contribution in [2.24, 2.45) is 11.7 Å². The minimum atomic E-state index is 0.00315. The van der Waals surface area contributed by atoms with Gasteiger partial charge in [0.05, 0.1) is 6.26 Å². The molecule has 4 nitrogen and oxygen atoms in total. The van der Waals surface area contributed by atoms with Crippen LogP contribution in [-0.4, -0.2) is 29.9 Å². The molecule has 0 saturated carbocycles. The molecule has 0 aliphatic carbocycles. The highest BCUT2D eigenvalue weighted by atomic mass is 16.3. The van der Waals surface area contributed by atoms with Crippen LogP contribution in [-0.2, 0) is 4.79 Å². The summed E-state index contributed by atoms with van der Waals surface area (Å²) in [5, 5.41) is 0. The van der Waals surface area contributed by atoms with Crippen LogP contribution in [0.2, 0.25) is 0 Å². The highest BCUT2D eigenvalue weighted by Gasteiger charge is 2.24. The first-order chi connectivity index (χ1) is 8.15. The van der Waals surface area contributed by atoms with E-state index in [0.717, 1.165) is 13.0 Å². The number of nitrogens with two attached hydrogens (primary N) is 1. The number of likely N-dealkylation sites (tertiary alicyclic amines) is 1. The number of nitrogens with zero attached hydrogens (tertiary/aromatic N) is 1. The Balaban J connectivity index is 1.95. The largest absolute Gasteiger partial charge is 0.465 e. The Morgan fingerprint density at radius 1 is 1.59 bits per heavy atom. The zero-order valence-electron chi connectivity index (χ0n) is 10.0. The van der Waals surface area contributed by atoms with Crippen molar-refractivity contribution in [3.05, 3.63) is 30.2 Å². The Morgan fingerprint density at radius 2 is 2.41 bits per heavy atom. The van der Waals surface area contributed by atoms with Gasteiger partial charge in [-0.25, -0.2) is 0 Å². The number of amides is 1. The Labute approximate surface area is 101 Å². The molecule has 1 aromatic rings. The van der Waals surface area contributed by atoms with E-state index in [2.05, 4.69) is 6.92 Å². The Kier molecular flexibility index (Phi) is 3.64. The van der Waals surface area contributed by atoms with Crippen LogP contribution in [0.1, 0.15) is 19.1 Å². The Bertz CT molecular complexity index is 388. The van der Waals surface area contributed by atoms with Gasteiger partial charge in [0, 0.05) is 25.2 Å². The SMILES string of the molecule is CC1CC(N)CN(C(=O)C=Cc2ccco2)C1. The van der Waals surface area contributed by atoms with Gasteiger partial charge < -0.3 is 15.1 Å². The number of piperidine rings is 1. The molecule has 2 unspecified atom stereocenters. The van der Waals surface area contributed by atoms with E-state index in [-0.39, 0.29) is 11.9 Å². The summed E-state index contributed by atoms with van der Waals surface area (Å²) in [6, 6.07) is 3.71. The molecule has 0 spiro atoms. The van der Waals surface area contributed by atoms with Crippen molar-refractivity contribution in [2.75, 3.05) is 13.1 Å². The number of rotatable bonds is 2. The summed E-state index contributed by atoms with van der Waals surface area (Å²) in [6.45, 7) is 3.55. The van der Waals surface area contributed by atoms with E-state index in [4.69, 9.17) is 10.2 Å². The second-order valence-corrected chi connectivity index (χ2v) is 4.69. The molecular formula is C13H18N2O2. The van der Waals surface area contributed by atoms with Gasteiger partial charge in [0.15, 0.2) is 0 Å². The van der Waals surface area contributed by atoms with E-state index in [1.165, 1.54) is 0 Å². The van der Waals surface area contributed by atoms with E-state index in [9.17, 15) is 4.79 Å². The summed E-state index contributed by atoms with van der Waals surface area (Å²) in [5.74, 6) is 1.16. The van der Waals surface area contributed by atoms with Crippen LogP contribution in [0, 0.1) is 5.92 Å². The molecule has 0 radical (unpaired) electrons. The number of hydrogen-bond acceptors (Lipinski definition) is 3. The second kappa shape index (κ2) is 5.19.